The molecule has 0 fully saturated rings. The minimum atomic E-state index is -0.448. The van der Waals surface area contributed by atoms with E-state index in [-0.39, 0.29) is 28.1 Å². The maximum absolute atomic E-state index is 11.7. The fourth-order valence-electron chi connectivity index (χ4n) is 5.41. The van der Waals surface area contributed by atoms with Gasteiger partial charge in [-0.15, -0.1) is 0 Å². The Bertz CT molecular complexity index is 3100. The van der Waals surface area contributed by atoms with Gasteiger partial charge in [0.05, 0.1) is 24.5 Å². The largest absolute Gasteiger partial charge is 0.332 e. The molecule has 0 aromatic carbocycles. The second kappa shape index (κ2) is 13.8. The molecular weight excluding hydrogens is 698 g/mol. The third kappa shape index (κ3) is 6.34. The highest BCUT2D eigenvalue weighted by atomic mass is 16.2. The van der Waals surface area contributed by atoms with Gasteiger partial charge in [-0.05, 0) is 0 Å². The lowest BCUT2D eigenvalue weighted by molar-refractivity contribution is 0.682. The molecule has 0 bridgehead atoms. The number of aryl methyl sites for hydroxylation is 5. The van der Waals surface area contributed by atoms with E-state index in [0.717, 1.165) is 13.7 Å². The van der Waals surface area contributed by atoms with Crippen molar-refractivity contribution in [1.29, 1.82) is 0 Å². The van der Waals surface area contributed by atoms with E-state index < -0.39 is 16.9 Å². The van der Waals surface area contributed by atoms with Gasteiger partial charge in [-0.3, -0.25) is 56.5 Å². The predicted octanol–water partition coefficient (Wildman–Crippen LogP) is -3.77. The number of aliphatic imine (C=N–C) groups is 1. The van der Waals surface area contributed by atoms with E-state index in [1.165, 1.54) is 53.8 Å². The van der Waals surface area contributed by atoms with Crippen LogP contribution in [0, 0.1) is 0 Å². The Balaban J connectivity index is 0.000000136. The fraction of sp³-hybridized carbons (Fsp3) is 0.333. The van der Waals surface area contributed by atoms with E-state index in [1.54, 1.807) is 62.2 Å². The summed E-state index contributed by atoms with van der Waals surface area (Å²) in [7, 11) is 14.3. The van der Waals surface area contributed by atoms with Crippen molar-refractivity contribution in [2.75, 3.05) is 0 Å². The van der Waals surface area contributed by atoms with Crippen molar-refractivity contribution < 1.29 is 0 Å². The molecule has 0 atom stereocenters. The molecule has 8 rings (SSSR count). The van der Waals surface area contributed by atoms with Gasteiger partial charge in [0, 0.05) is 76.1 Å². The van der Waals surface area contributed by atoms with Gasteiger partial charge in [-0.25, -0.2) is 39.1 Å². The van der Waals surface area contributed by atoms with Crippen LogP contribution in [0.15, 0.2) is 62.3 Å². The fourth-order valence-corrected chi connectivity index (χ4v) is 5.41. The van der Waals surface area contributed by atoms with Gasteiger partial charge < -0.3 is 13.7 Å². The first-order valence-electron chi connectivity index (χ1n) is 15.5. The van der Waals surface area contributed by atoms with Crippen LogP contribution in [0.2, 0.25) is 0 Å². The first kappa shape index (κ1) is 37.1. The topological polar surface area (TPSA) is 264 Å². The summed E-state index contributed by atoms with van der Waals surface area (Å²) in [6, 6.07) is 0. The normalized spacial score (nSPS) is 11.6. The number of imidazole rings is 3. The Morgan fingerprint density at radius 3 is 1.64 bits per heavy atom. The summed E-state index contributed by atoms with van der Waals surface area (Å²) in [5.41, 5.74) is 0.114. The molecule has 0 spiro atoms. The number of hydrogen-bond donors (Lipinski definition) is 2. The van der Waals surface area contributed by atoms with Crippen molar-refractivity contribution >= 4 is 45.5 Å². The molecular formula is C30H35N15O8. The highest BCUT2D eigenvalue weighted by molar-refractivity contribution is 5.73. The summed E-state index contributed by atoms with van der Waals surface area (Å²) in [5.74, 6) is 0.494. The molecule has 0 unspecified atom stereocenters. The highest BCUT2D eigenvalue weighted by Gasteiger charge is 2.17. The average molecular weight is 734 g/mol. The predicted molar refractivity (Wildman–Crippen MR) is 193 cm³/mol. The molecule has 23 heteroatoms. The molecule has 0 saturated heterocycles. The number of nitrogens with one attached hydrogen (secondary N) is 2. The minimum absolute atomic E-state index is 0.240. The molecule has 0 aliphatic carbocycles. The molecule has 2 N–H and O–H groups in total. The maximum Gasteiger partial charge on any atom is 0.332 e. The Morgan fingerprint density at radius 1 is 0.509 bits per heavy atom. The number of rotatable bonds is 0. The van der Waals surface area contributed by atoms with Gasteiger partial charge in [-0.2, -0.15) is 0 Å². The van der Waals surface area contributed by atoms with Gasteiger partial charge in [0.25, 0.3) is 22.2 Å². The van der Waals surface area contributed by atoms with E-state index >= 15 is 0 Å². The van der Waals surface area contributed by atoms with Gasteiger partial charge in [0.15, 0.2) is 33.5 Å². The molecule has 8 heterocycles. The van der Waals surface area contributed by atoms with Crippen LogP contribution < -0.4 is 45.0 Å². The summed E-state index contributed by atoms with van der Waals surface area (Å²) in [4.78, 5) is 112. The Kier molecular flexibility index (Phi) is 9.68. The van der Waals surface area contributed by atoms with Crippen LogP contribution in [0.1, 0.15) is 5.56 Å². The molecule has 0 saturated carbocycles. The average Bonchev–Trinajstić information content (AvgIpc) is 3.94. The Morgan fingerprint density at radius 2 is 1.00 bits per heavy atom. The van der Waals surface area contributed by atoms with Crippen molar-refractivity contribution in [3.05, 3.63) is 108 Å². The first-order chi connectivity index (χ1) is 24.9. The number of H-pyrrole nitrogens is 2. The first-order valence-corrected chi connectivity index (χ1v) is 15.5. The molecule has 278 valence electrons. The van der Waals surface area contributed by atoms with Crippen molar-refractivity contribution in [3.8, 4) is 0 Å². The van der Waals surface area contributed by atoms with Crippen LogP contribution in [0.4, 0.5) is 5.82 Å². The molecule has 7 aromatic heterocycles. The van der Waals surface area contributed by atoms with Crippen LogP contribution in [0.3, 0.4) is 0 Å². The molecule has 0 radical (unpaired) electrons. The lowest BCUT2D eigenvalue weighted by Crippen LogP contribution is -2.38. The van der Waals surface area contributed by atoms with Crippen LogP contribution in [-0.4, -0.2) is 72.2 Å². The van der Waals surface area contributed by atoms with Crippen LogP contribution >= 0.6 is 0 Å². The number of nitrogens with zero attached hydrogens (tertiary/aromatic N) is 13. The maximum atomic E-state index is 11.7. The van der Waals surface area contributed by atoms with Crippen LogP contribution in [0.25, 0.3) is 33.5 Å². The number of hydrogen-bond acceptors (Lipinski definition) is 12. The lowest BCUT2D eigenvalue weighted by atomic mass is 10.2. The van der Waals surface area contributed by atoms with E-state index in [9.17, 15) is 38.4 Å². The molecule has 53 heavy (non-hydrogen) atoms. The van der Waals surface area contributed by atoms with Crippen molar-refractivity contribution in [2.45, 2.75) is 6.42 Å². The quantitative estimate of drug-likeness (QED) is 0.153. The van der Waals surface area contributed by atoms with E-state index in [4.69, 9.17) is 0 Å². The molecule has 1 aliphatic heterocycles. The van der Waals surface area contributed by atoms with Crippen LogP contribution in [0.5, 0.6) is 0 Å². The second-order valence-electron chi connectivity index (χ2n) is 12.0. The standard InChI is InChI=1S/C8H10N4O2.C8H9N3O2.2C7H8N4O2/c1-10-4-9-6-5(10)7(13)12(3)8(14)11(6)2;1-10-6-5(3-4-9-6)7(12)11(2)8(10)13;1-10-3-8-5-4(10)6(12)9-7(13)11(5)2;1-10-3-8-5-4(10)6(12)11(2)7(13)9-5/h4H,1-3H3;4H,3H2,1-2H3;3H,1-2H3,(H,9,12,13);3H,1-2H3,(H,9,13). The Labute approximate surface area is 294 Å². The van der Waals surface area contributed by atoms with Crippen molar-refractivity contribution in [2.24, 2.45) is 68.4 Å². The molecule has 7 aromatic rings. The zero-order valence-corrected chi connectivity index (χ0v) is 30.1. The number of aromatic nitrogens is 14. The van der Waals surface area contributed by atoms with Gasteiger partial charge in [0.1, 0.15) is 5.82 Å². The number of fused-ring (bicyclic) bond motifs is 4. The molecule has 0 amide bonds. The SMILES string of the molecule is Cn1c(=O)[nH]c2ncn(C)c2c1=O.Cn1c(=O)c2c(ncn2C)n(C)c1=O.Cn1c2c(c(=O)n(C)c1=O)CC=N2.Cn1cnc2c1c(=O)[nH]c(=O)n2C. The van der Waals surface area contributed by atoms with Gasteiger partial charge in [0.2, 0.25) is 0 Å². The number of aromatic amines is 2. The minimum Gasteiger partial charge on any atom is -0.328 e. The van der Waals surface area contributed by atoms with Crippen molar-refractivity contribution in [1.82, 2.24) is 66.0 Å². The smallest absolute Gasteiger partial charge is 0.328 e. The summed E-state index contributed by atoms with van der Waals surface area (Å²) < 4.78 is 12.0. The zero-order chi connectivity index (χ0) is 39.2. The van der Waals surface area contributed by atoms with E-state index in [1.807, 2.05) is 0 Å². The summed E-state index contributed by atoms with van der Waals surface area (Å²) in [5, 5.41) is 0. The Hall–Kier alpha value is -7.20. The third-order valence-electron chi connectivity index (χ3n) is 8.50. The monoisotopic (exact) mass is 733 g/mol. The van der Waals surface area contributed by atoms with Crippen LogP contribution in [-0.2, 0) is 69.8 Å². The van der Waals surface area contributed by atoms with Gasteiger partial charge >= 0.3 is 22.8 Å². The second-order valence-corrected chi connectivity index (χ2v) is 12.0. The third-order valence-corrected chi connectivity index (χ3v) is 8.50. The zero-order valence-electron chi connectivity index (χ0n) is 30.1. The lowest BCUT2D eigenvalue weighted by Gasteiger charge is -2.05. The summed E-state index contributed by atoms with van der Waals surface area (Å²) in [6.07, 6.45) is 6.68. The summed E-state index contributed by atoms with van der Waals surface area (Å²) >= 11 is 0. The molecule has 1 aliphatic rings. The van der Waals surface area contributed by atoms with Crippen molar-refractivity contribution in [3.63, 3.8) is 0 Å². The summed E-state index contributed by atoms with van der Waals surface area (Å²) in [6.45, 7) is 0. The van der Waals surface area contributed by atoms with Gasteiger partial charge in [-0.1, -0.05) is 0 Å². The van der Waals surface area contributed by atoms with E-state index in [2.05, 4.69) is 29.9 Å². The van der Waals surface area contributed by atoms with E-state index in [0.29, 0.717) is 51.3 Å². The highest BCUT2D eigenvalue weighted by Crippen LogP contribution is 2.17. The molecule has 23 nitrogen and oxygen atoms in total.